The Balaban J connectivity index is 1.16. The lowest BCUT2D eigenvalue weighted by molar-refractivity contribution is -0.136. The average Bonchev–Trinajstić information content (AvgIpc) is 3.31. The number of fused-ring (bicyclic) bond motifs is 1. The van der Waals surface area contributed by atoms with Crippen LogP contribution in [-0.4, -0.2) is 46.4 Å². The van der Waals surface area contributed by atoms with Crippen molar-refractivity contribution in [2.75, 3.05) is 25.0 Å². The molecule has 5 rings (SSSR count). The van der Waals surface area contributed by atoms with Crippen LogP contribution in [0.15, 0.2) is 72.8 Å². The maximum Gasteiger partial charge on any atom is 0.260 e. The van der Waals surface area contributed by atoms with E-state index in [0.717, 1.165) is 16.6 Å². The Morgan fingerprint density at radius 2 is 1.77 bits per heavy atom. The second-order valence-electron chi connectivity index (χ2n) is 8.54. The summed E-state index contributed by atoms with van der Waals surface area (Å²) >= 11 is 6.30. The van der Waals surface area contributed by atoms with Crippen molar-refractivity contribution in [1.29, 1.82) is 0 Å². The van der Waals surface area contributed by atoms with E-state index in [4.69, 9.17) is 16.3 Å². The van der Waals surface area contributed by atoms with Crippen molar-refractivity contribution in [3.63, 3.8) is 0 Å². The van der Waals surface area contributed by atoms with E-state index in [-0.39, 0.29) is 24.3 Å². The van der Waals surface area contributed by atoms with Crippen molar-refractivity contribution in [2.45, 2.75) is 12.8 Å². The number of anilines is 1. The highest BCUT2D eigenvalue weighted by atomic mass is 35.5. The highest BCUT2D eigenvalue weighted by Crippen LogP contribution is 2.28. The summed E-state index contributed by atoms with van der Waals surface area (Å²) in [5, 5.41) is 3.64. The SMILES string of the molecule is O=C(Nc1ccc2nc(-c3ccccc3Cl)[nH]c2c1)C1CCN(C(=O)COc2ccccc2)CC1. The molecule has 1 saturated heterocycles. The number of piperidine rings is 1. The molecule has 178 valence electrons. The first-order valence-corrected chi connectivity index (χ1v) is 12.0. The molecule has 35 heavy (non-hydrogen) atoms. The van der Waals surface area contributed by atoms with E-state index >= 15 is 0 Å². The number of para-hydroxylation sites is 1. The number of amides is 2. The molecule has 0 bridgehead atoms. The van der Waals surface area contributed by atoms with Crippen molar-refractivity contribution < 1.29 is 14.3 Å². The molecule has 0 radical (unpaired) electrons. The van der Waals surface area contributed by atoms with Gasteiger partial charge in [0.2, 0.25) is 5.91 Å². The number of halogens is 1. The molecule has 0 saturated carbocycles. The fourth-order valence-corrected chi connectivity index (χ4v) is 4.48. The molecular weight excluding hydrogens is 464 g/mol. The summed E-state index contributed by atoms with van der Waals surface area (Å²) < 4.78 is 5.56. The Hall–Kier alpha value is -3.84. The van der Waals surface area contributed by atoms with Crippen LogP contribution in [0.2, 0.25) is 5.02 Å². The second-order valence-corrected chi connectivity index (χ2v) is 8.95. The Morgan fingerprint density at radius 3 is 2.54 bits per heavy atom. The van der Waals surface area contributed by atoms with Crippen LogP contribution in [0.5, 0.6) is 5.75 Å². The van der Waals surface area contributed by atoms with Gasteiger partial charge in [-0.1, -0.05) is 41.9 Å². The lowest BCUT2D eigenvalue weighted by atomic mass is 9.95. The molecule has 7 nitrogen and oxygen atoms in total. The number of carbonyl (C=O) groups excluding carboxylic acids is 2. The molecule has 0 spiro atoms. The van der Waals surface area contributed by atoms with Gasteiger partial charge in [-0.2, -0.15) is 0 Å². The van der Waals surface area contributed by atoms with Crippen molar-refractivity contribution in [3.05, 3.63) is 77.8 Å². The van der Waals surface area contributed by atoms with Gasteiger partial charge in [0.15, 0.2) is 6.61 Å². The Labute approximate surface area is 208 Å². The summed E-state index contributed by atoms with van der Waals surface area (Å²) in [5.74, 6) is 1.10. The van der Waals surface area contributed by atoms with Crippen molar-refractivity contribution in [3.8, 4) is 17.1 Å². The molecule has 1 fully saturated rings. The Morgan fingerprint density at radius 1 is 1.03 bits per heavy atom. The molecule has 2 N–H and O–H groups in total. The van der Waals surface area contributed by atoms with Crippen LogP contribution in [0.4, 0.5) is 5.69 Å². The van der Waals surface area contributed by atoms with Gasteiger partial charge in [0.1, 0.15) is 11.6 Å². The van der Waals surface area contributed by atoms with E-state index in [1.807, 2.05) is 72.8 Å². The van der Waals surface area contributed by atoms with Crippen LogP contribution in [0.3, 0.4) is 0 Å². The highest BCUT2D eigenvalue weighted by Gasteiger charge is 2.27. The van der Waals surface area contributed by atoms with E-state index in [0.29, 0.717) is 48.2 Å². The van der Waals surface area contributed by atoms with Gasteiger partial charge in [0.05, 0.1) is 16.1 Å². The van der Waals surface area contributed by atoms with Gasteiger partial charge in [-0.3, -0.25) is 9.59 Å². The molecule has 4 aromatic rings. The zero-order valence-electron chi connectivity index (χ0n) is 19.0. The van der Waals surface area contributed by atoms with Gasteiger partial charge in [0, 0.05) is 30.3 Å². The van der Waals surface area contributed by atoms with E-state index in [9.17, 15) is 9.59 Å². The lowest BCUT2D eigenvalue weighted by Gasteiger charge is -2.31. The molecule has 3 aromatic carbocycles. The zero-order valence-corrected chi connectivity index (χ0v) is 19.8. The van der Waals surface area contributed by atoms with Crippen molar-refractivity contribution >= 4 is 40.1 Å². The van der Waals surface area contributed by atoms with Crippen LogP contribution in [0.25, 0.3) is 22.4 Å². The number of aromatic nitrogens is 2. The molecule has 0 aliphatic carbocycles. The maximum absolute atomic E-state index is 12.9. The molecule has 2 amide bonds. The van der Waals surface area contributed by atoms with Gasteiger partial charge in [-0.25, -0.2) is 4.98 Å². The van der Waals surface area contributed by atoms with E-state index in [1.165, 1.54) is 0 Å². The number of H-pyrrole nitrogens is 1. The summed E-state index contributed by atoms with van der Waals surface area (Å²) in [6.07, 6.45) is 1.23. The fraction of sp³-hybridized carbons (Fsp3) is 0.222. The predicted molar refractivity (Wildman–Crippen MR) is 136 cm³/mol. The number of hydrogen-bond donors (Lipinski definition) is 2. The minimum atomic E-state index is -0.148. The number of carbonyl (C=O) groups is 2. The molecular formula is C27H25ClN4O3. The first kappa shape index (κ1) is 22.9. The molecule has 1 aromatic heterocycles. The predicted octanol–water partition coefficient (Wildman–Crippen LogP) is 5.14. The van der Waals surface area contributed by atoms with Crippen molar-refractivity contribution in [2.24, 2.45) is 5.92 Å². The Bertz CT molecular complexity index is 1350. The number of aromatic amines is 1. The third-order valence-corrected chi connectivity index (χ3v) is 6.53. The average molecular weight is 489 g/mol. The molecule has 2 heterocycles. The maximum atomic E-state index is 12.9. The summed E-state index contributed by atoms with van der Waals surface area (Å²) in [6, 6.07) is 22.4. The zero-order chi connectivity index (χ0) is 24.2. The van der Waals surface area contributed by atoms with E-state index in [1.54, 1.807) is 4.90 Å². The number of nitrogens with one attached hydrogen (secondary N) is 2. The van der Waals surface area contributed by atoms with Gasteiger partial charge < -0.3 is 19.9 Å². The van der Waals surface area contributed by atoms with E-state index in [2.05, 4.69) is 15.3 Å². The minimum absolute atomic E-state index is 0.00124. The van der Waals surface area contributed by atoms with Crippen LogP contribution in [0, 0.1) is 5.92 Å². The monoisotopic (exact) mass is 488 g/mol. The minimum Gasteiger partial charge on any atom is -0.484 e. The lowest BCUT2D eigenvalue weighted by Crippen LogP contribution is -2.43. The van der Waals surface area contributed by atoms with Gasteiger partial charge in [-0.05, 0) is 55.3 Å². The van der Waals surface area contributed by atoms with Crippen LogP contribution in [0.1, 0.15) is 12.8 Å². The number of likely N-dealkylation sites (tertiary alicyclic amines) is 1. The third-order valence-electron chi connectivity index (χ3n) is 6.20. The number of rotatable bonds is 6. The molecule has 8 heteroatoms. The van der Waals surface area contributed by atoms with Gasteiger partial charge in [-0.15, -0.1) is 0 Å². The van der Waals surface area contributed by atoms with Crippen LogP contribution in [-0.2, 0) is 9.59 Å². The number of hydrogen-bond acceptors (Lipinski definition) is 4. The largest absolute Gasteiger partial charge is 0.484 e. The molecule has 1 aliphatic rings. The topological polar surface area (TPSA) is 87.3 Å². The summed E-state index contributed by atoms with van der Waals surface area (Å²) in [7, 11) is 0. The standard InChI is InChI=1S/C27H25ClN4O3/c28-22-9-5-4-8-21(22)26-30-23-11-10-19(16-24(23)31-26)29-27(34)18-12-14-32(15-13-18)25(33)17-35-20-6-2-1-3-7-20/h1-11,16,18H,12-15,17H2,(H,29,34)(H,30,31). The first-order valence-electron chi connectivity index (χ1n) is 11.6. The normalized spacial score (nSPS) is 14.1. The van der Waals surface area contributed by atoms with E-state index < -0.39 is 0 Å². The van der Waals surface area contributed by atoms with Crippen LogP contribution < -0.4 is 10.1 Å². The second kappa shape index (κ2) is 10.2. The fourth-order valence-electron chi connectivity index (χ4n) is 4.26. The number of nitrogens with zero attached hydrogens (tertiary/aromatic N) is 2. The first-order chi connectivity index (χ1) is 17.1. The van der Waals surface area contributed by atoms with Gasteiger partial charge >= 0.3 is 0 Å². The number of imidazole rings is 1. The molecule has 1 aliphatic heterocycles. The van der Waals surface area contributed by atoms with Crippen LogP contribution >= 0.6 is 11.6 Å². The van der Waals surface area contributed by atoms with Gasteiger partial charge in [0.25, 0.3) is 5.91 Å². The summed E-state index contributed by atoms with van der Waals surface area (Å²) in [5.41, 5.74) is 3.14. The summed E-state index contributed by atoms with van der Waals surface area (Å²) in [6.45, 7) is 1.08. The quantitative estimate of drug-likeness (QED) is 0.393. The Kier molecular flexibility index (Phi) is 6.68. The molecule has 0 unspecified atom stereocenters. The molecule has 0 atom stereocenters. The van der Waals surface area contributed by atoms with Crippen molar-refractivity contribution in [1.82, 2.24) is 14.9 Å². The smallest absolute Gasteiger partial charge is 0.260 e. The number of benzene rings is 3. The summed E-state index contributed by atoms with van der Waals surface area (Å²) in [4.78, 5) is 35.0. The highest BCUT2D eigenvalue weighted by molar-refractivity contribution is 6.33. The third kappa shape index (κ3) is 5.30. The number of ether oxygens (including phenoxy) is 1.